The molecule has 2 aromatic carbocycles. The van der Waals surface area contributed by atoms with Crippen LogP contribution in [0, 0.1) is 13.8 Å². The van der Waals surface area contributed by atoms with Crippen molar-refractivity contribution in [3.8, 4) is 0 Å². The summed E-state index contributed by atoms with van der Waals surface area (Å²) in [5, 5.41) is 3.60. The van der Waals surface area contributed by atoms with E-state index < -0.39 is 0 Å². The molecule has 0 atom stereocenters. The van der Waals surface area contributed by atoms with E-state index >= 15 is 0 Å². The van der Waals surface area contributed by atoms with Gasteiger partial charge in [0.15, 0.2) is 0 Å². The van der Waals surface area contributed by atoms with E-state index in [-0.39, 0.29) is 17.9 Å². The monoisotopic (exact) mass is 363 g/mol. The fourth-order valence-corrected chi connectivity index (χ4v) is 3.26. The number of nitrogens with zero attached hydrogens (tertiary/aromatic N) is 2. The molecule has 27 heavy (non-hydrogen) atoms. The van der Waals surface area contributed by atoms with Gasteiger partial charge in [0.05, 0.1) is 17.2 Å². The Morgan fingerprint density at radius 1 is 1.11 bits per heavy atom. The lowest BCUT2D eigenvalue weighted by Crippen LogP contribution is -2.24. The summed E-state index contributed by atoms with van der Waals surface area (Å²) in [5.41, 5.74) is 4.59. The molecule has 5 heteroatoms. The Labute approximate surface area is 159 Å². The molecule has 1 heterocycles. The molecule has 1 N–H and O–H groups in total. The number of carbonyl (C=O) groups is 1. The van der Waals surface area contributed by atoms with Crippen molar-refractivity contribution in [3.63, 3.8) is 0 Å². The zero-order chi connectivity index (χ0) is 19.6. The van der Waals surface area contributed by atoms with Gasteiger partial charge in [-0.05, 0) is 42.5 Å². The Morgan fingerprint density at radius 2 is 1.81 bits per heavy atom. The summed E-state index contributed by atoms with van der Waals surface area (Å²) >= 11 is 0. The molecule has 0 saturated carbocycles. The van der Waals surface area contributed by atoms with Gasteiger partial charge in [0.25, 0.3) is 5.56 Å². The van der Waals surface area contributed by atoms with Gasteiger partial charge in [-0.3, -0.25) is 14.2 Å². The largest absolute Gasteiger partial charge is 0.326 e. The number of benzene rings is 2. The molecule has 0 radical (unpaired) electrons. The van der Waals surface area contributed by atoms with E-state index in [1.807, 2.05) is 44.2 Å². The average Bonchev–Trinajstić information content (AvgIpc) is 2.63. The summed E-state index contributed by atoms with van der Waals surface area (Å²) in [6.07, 6.45) is 1.74. The third kappa shape index (κ3) is 3.92. The molecule has 0 bridgehead atoms. The molecule has 0 unspecified atom stereocenters. The van der Waals surface area contributed by atoms with Gasteiger partial charge in [-0.15, -0.1) is 0 Å². The maximum Gasteiger partial charge on any atom is 0.261 e. The number of anilines is 1. The smallest absolute Gasteiger partial charge is 0.261 e. The van der Waals surface area contributed by atoms with Crippen LogP contribution in [-0.2, 0) is 11.3 Å². The van der Waals surface area contributed by atoms with E-state index in [1.54, 1.807) is 6.07 Å². The van der Waals surface area contributed by atoms with Gasteiger partial charge in [-0.2, -0.15) is 0 Å². The van der Waals surface area contributed by atoms with E-state index in [0.717, 1.165) is 22.4 Å². The maximum absolute atomic E-state index is 12.6. The van der Waals surface area contributed by atoms with Gasteiger partial charge in [-0.25, -0.2) is 4.98 Å². The van der Waals surface area contributed by atoms with Crippen molar-refractivity contribution in [2.75, 3.05) is 5.32 Å². The van der Waals surface area contributed by atoms with Crippen molar-refractivity contribution in [3.05, 3.63) is 69.8 Å². The molecule has 5 nitrogen and oxygen atoms in total. The lowest BCUT2D eigenvalue weighted by Gasteiger charge is -2.16. The van der Waals surface area contributed by atoms with Gasteiger partial charge < -0.3 is 5.32 Å². The number of carbonyl (C=O) groups excluding carboxylic acids is 1. The maximum atomic E-state index is 12.6. The van der Waals surface area contributed by atoms with Crippen LogP contribution in [0.25, 0.3) is 10.9 Å². The van der Waals surface area contributed by atoms with Crippen LogP contribution in [0.1, 0.15) is 42.9 Å². The van der Waals surface area contributed by atoms with E-state index in [0.29, 0.717) is 23.4 Å². The second-order valence-electron chi connectivity index (χ2n) is 7.21. The summed E-state index contributed by atoms with van der Waals surface area (Å²) in [7, 11) is 0. The number of para-hydroxylation sites is 2. The summed E-state index contributed by atoms with van der Waals surface area (Å²) in [5.74, 6) is 0.207. The summed E-state index contributed by atoms with van der Waals surface area (Å²) in [6, 6.07) is 11.6. The highest BCUT2D eigenvalue weighted by atomic mass is 16.2. The van der Waals surface area contributed by atoms with Crippen LogP contribution >= 0.6 is 0 Å². The SMILES string of the molecule is Cc1cccc(C(C)C)c1NC(=O)CCn1cnc2c(C)cccc2c1=O. The Kier molecular flexibility index (Phi) is 5.40. The predicted octanol–water partition coefficient (Wildman–Crippen LogP) is 4.17. The average molecular weight is 363 g/mol. The predicted molar refractivity (Wildman–Crippen MR) is 109 cm³/mol. The van der Waals surface area contributed by atoms with E-state index in [9.17, 15) is 9.59 Å². The fourth-order valence-electron chi connectivity index (χ4n) is 3.26. The van der Waals surface area contributed by atoms with Gasteiger partial charge in [0.2, 0.25) is 5.91 Å². The second-order valence-corrected chi connectivity index (χ2v) is 7.21. The van der Waals surface area contributed by atoms with Crippen molar-refractivity contribution < 1.29 is 4.79 Å². The van der Waals surface area contributed by atoms with Crippen LogP contribution in [-0.4, -0.2) is 15.5 Å². The first kappa shape index (κ1) is 18.8. The van der Waals surface area contributed by atoms with E-state index in [1.165, 1.54) is 10.9 Å². The number of amides is 1. The Bertz CT molecular complexity index is 1050. The highest BCUT2D eigenvalue weighted by molar-refractivity contribution is 5.92. The highest BCUT2D eigenvalue weighted by Crippen LogP contribution is 2.27. The van der Waals surface area contributed by atoms with Crippen LogP contribution in [0.5, 0.6) is 0 Å². The molecule has 0 aliphatic heterocycles. The molecule has 0 aliphatic carbocycles. The highest BCUT2D eigenvalue weighted by Gasteiger charge is 2.13. The molecule has 1 amide bonds. The second kappa shape index (κ2) is 7.74. The molecule has 3 rings (SSSR count). The molecule has 0 saturated heterocycles. The summed E-state index contributed by atoms with van der Waals surface area (Å²) in [6.45, 7) is 8.42. The Morgan fingerprint density at radius 3 is 2.56 bits per heavy atom. The molecule has 0 aliphatic rings. The minimum Gasteiger partial charge on any atom is -0.326 e. The normalized spacial score (nSPS) is 11.1. The number of hydrogen-bond acceptors (Lipinski definition) is 3. The quantitative estimate of drug-likeness (QED) is 0.740. The summed E-state index contributed by atoms with van der Waals surface area (Å²) in [4.78, 5) is 29.5. The van der Waals surface area contributed by atoms with Gasteiger partial charge in [0, 0.05) is 18.7 Å². The van der Waals surface area contributed by atoms with Crippen molar-refractivity contribution in [1.29, 1.82) is 0 Å². The zero-order valence-corrected chi connectivity index (χ0v) is 16.2. The minimum atomic E-state index is -0.115. The molecular weight excluding hydrogens is 338 g/mol. The first-order chi connectivity index (χ1) is 12.9. The Balaban J connectivity index is 1.77. The number of rotatable bonds is 5. The van der Waals surface area contributed by atoms with Crippen LogP contribution in [0.2, 0.25) is 0 Å². The fraction of sp³-hybridized carbons (Fsp3) is 0.318. The Hall–Kier alpha value is -2.95. The first-order valence-corrected chi connectivity index (χ1v) is 9.22. The molecule has 1 aromatic heterocycles. The number of fused-ring (bicyclic) bond motifs is 1. The molecular formula is C22H25N3O2. The lowest BCUT2D eigenvalue weighted by atomic mass is 9.98. The molecule has 140 valence electrons. The topological polar surface area (TPSA) is 64.0 Å². The van der Waals surface area contributed by atoms with Gasteiger partial charge >= 0.3 is 0 Å². The zero-order valence-electron chi connectivity index (χ0n) is 16.2. The van der Waals surface area contributed by atoms with E-state index in [4.69, 9.17) is 0 Å². The van der Waals surface area contributed by atoms with Crippen molar-refractivity contribution >= 4 is 22.5 Å². The van der Waals surface area contributed by atoms with Crippen LogP contribution in [0.4, 0.5) is 5.69 Å². The van der Waals surface area contributed by atoms with Crippen LogP contribution in [0.3, 0.4) is 0 Å². The summed E-state index contributed by atoms with van der Waals surface area (Å²) < 4.78 is 1.50. The van der Waals surface area contributed by atoms with Crippen LogP contribution in [0.15, 0.2) is 47.5 Å². The number of hydrogen-bond donors (Lipinski definition) is 1. The van der Waals surface area contributed by atoms with Crippen molar-refractivity contribution in [2.45, 2.75) is 46.6 Å². The van der Waals surface area contributed by atoms with Crippen molar-refractivity contribution in [2.24, 2.45) is 0 Å². The molecule has 0 spiro atoms. The third-order valence-electron chi connectivity index (χ3n) is 4.83. The molecule has 3 aromatic rings. The van der Waals surface area contributed by atoms with Gasteiger partial charge in [0.1, 0.15) is 0 Å². The molecule has 0 fully saturated rings. The number of nitrogens with one attached hydrogen (secondary N) is 1. The van der Waals surface area contributed by atoms with Crippen molar-refractivity contribution in [1.82, 2.24) is 9.55 Å². The minimum absolute atomic E-state index is 0.109. The van der Waals surface area contributed by atoms with E-state index in [2.05, 4.69) is 24.1 Å². The van der Waals surface area contributed by atoms with Gasteiger partial charge in [-0.1, -0.05) is 44.2 Å². The standard InChI is InChI=1S/C22H25N3O2/c1-14(2)17-9-5-8-16(4)21(17)24-19(26)11-12-25-13-23-20-15(3)7-6-10-18(20)22(25)27/h5-10,13-14H,11-12H2,1-4H3,(H,24,26). The first-order valence-electron chi connectivity index (χ1n) is 9.22. The number of aromatic nitrogens is 2. The lowest BCUT2D eigenvalue weighted by molar-refractivity contribution is -0.116. The third-order valence-corrected chi connectivity index (χ3v) is 4.83. The number of aryl methyl sites for hydroxylation is 3. The van der Waals surface area contributed by atoms with Crippen LogP contribution < -0.4 is 10.9 Å².